The third-order valence-corrected chi connectivity index (χ3v) is 3.73. The minimum Gasteiger partial charge on any atom is -0.299 e. The Labute approximate surface area is 114 Å². The summed E-state index contributed by atoms with van der Waals surface area (Å²) in [5.74, 6) is 0.921. The van der Waals surface area contributed by atoms with Gasteiger partial charge in [-0.3, -0.25) is 4.79 Å². The maximum atomic E-state index is 10.0. The van der Waals surface area contributed by atoms with Crippen molar-refractivity contribution in [2.45, 2.75) is 84.5 Å². The Bertz CT molecular complexity index is 196. The van der Waals surface area contributed by atoms with Crippen LogP contribution in [0.5, 0.6) is 0 Å². The zero-order valence-electron chi connectivity index (χ0n) is 12.5. The molecule has 1 unspecified atom stereocenters. The quantitative estimate of drug-likeness (QED) is 0.234. The van der Waals surface area contributed by atoms with Gasteiger partial charge in [-0.05, 0) is 24.8 Å². The van der Waals surface area contributed by atoms with Crippen molar-refractivity contribution in [1.29, 1.82) is 0 Å². The van der Waals surface area contributed by atoms with Crippen molar-refractivity contribution in [3.63, 3.8) is 0 Å². The minimum atomic E-state index is 0.861. The minimum absolute atomic E-state index is 0.861. The van der Waals surface area contributed by atoms with Gasteiger partial charge in [-0.2, -0.15) is 0 Å². The van der Waals surface area contributed by atoms with Crippen LogP contribution in [-0.2, 0) is 4.79 Å². The van der Waals surface area contributed by atoms with Crippen molar-refractivity contribution in [2.75, 3.05) is 0 Å². The first kappa shape index (κ1) is 17.4. The second-order valence-corrected chi connectivity index (χ2v) is 5.48. The van der Waals surface area contributed by atoms with Gasteiger partial charge in [-0.1, -0.05) is 77.7 Å². The van der Waals surface area contributed by atoms with Crippen molar-refractivity contribution in [1.82, 2.24) is 0 Å². The van der Waals surface area contributed by atoms with E-state index in [0.29, 0.717) is 0 Å². The maximum absolute atomic E-state index is 10.0. The summed E-state index contributed by atoms with van der Waals surface area (Å²) in [4.78, 5) is 10.0. The number of hydrogen-bond donors (Lipinski definition) is 0. The third-order valence-electron chi connectivity index (χ3n) is 3.73. The topological polar surface area (TPSA) is 17.1 Å². The Balaban J connectivity index is 3.03. The van der Waals surface area contributed by atoms with Crippen molar-refractivity contribution in [3.05, 3.63) is 12.2 Å². The molecule has 0 radical (unpaired) electrons. The first-order valence-electron chi connectivity index (χ1n) is 7.91. The summed E-state index contributed by atoms with van der Waals surface area (Å²) in [6, 6.07) is 0. The molecule has 0 heterocycles. The first-order valence-corrected chi connectivity index (χ1v) is 7.91. The van der Waals surface area contributed by atoms with E-state index in [-0.39, 0.29) is 0 Å². The SMILES string of the molecule is CCC(C)CCCCCCCCCC/C=C/C=O. The van der Waals surface area contributed by atoms with Gasteiger partial charge in [0.25, 0.3) is 0 Å². The predicted molar refractivity (Wildman–Crippen MR) is 80.8 cm³/mol. The number of carbonyl (C=O) groups is 1. The molecule has 1 heteroatoms. The van der Waals surface area contributed by atoms with Crippen LogP contribution in [0.4, 0.5) is 0 Å². The Morgan fingerprint density at radius 3 is 2.00 bits per heavy atom. The van der Waals surface area contributed by atoms with E-state index in [1.807, 2.05) is 6.08 Å². The number of rotatable bonds is 13. The lowest BCUT2D eigenvalue weighted by Gasteiger charge is -2.07. The molecule has 1 atom stereocenters. The zero-order valence-corrected chi connectivity index (χ0v) is 12.5. The average molecular weight is 252 g/mol. The van der Waals surface area contributed by atoms with Crippen LogP contribution in [0.2, 0.25) is 0 Å². The molecule has 0 spiro atoms. The second kappa shape index (κ2) is 14.5. The highest BCUT2D eigenvalue weighted by molar-refractivity contribution is 5.64. The summed E-state index contributed by atoms with van der Waals surface area (Å²) in [6.07, 6.45) is 19.2. The fraction of sp³-hybridized carbons (Fsp3) is 0.824. The summed E-state index contributed by atoms with van der Waals surface area (Å²) >= 11 is 0. The largest absolute Gasteiger partial charge is 0.299 e. The van der Waals surface area contributed by atoms with E-state index in [1.165, 1.54) is 64.2 Å². The second-order valence-electron chi connectivity index (χ2n) is 5.48. The lowest BCUT2D eigenvalue weighted by Crippen LogP contribution is -1.91. The van der Waals surface area contributed by atoms with Gasteiger partial charge in [-0.25, -0.2) is 0 Å². The Kier molecular flexibility index (Phi) is 14.0. The fourth-order valence-corrected chi connectivity index (χ4v) is 2.17. The van der Waals surface area contributed by atoms with Crippen LogP contribution in [-0.4, -0.2) is 6.29 Å². The summed E-state index contributed by atoms with van der Waals surface area (Å²) in [7, 11) is 0. The van der Waals surface area contributed by atoms with Crippen molar-refractivity contribution < 1.29 is 4.79 Å². The molecule has 0 bridgehead atoms. The lowest BCUT2D eigenvalue weighted by atomic mass is 9.99. The molecule has 0 saturated heterocycles. The Hall–Kier alpha value is -0.590. The van der Waals surface area contributed by atoms with E-state index >= 15 is 0 Å². The third kappa shape index (κ3) is 13.5. The molecule has 0 aromatic carbocycles. The van der Waals surface area contributed by atoms with Gasteiger partial charge in [0, 0.05) is 0 Å². The summed E-state index contributed by atoms with van der Waals surface area (Å²) in [5.41, 5.74) is 0. The molecule has 0 aliphatic carbocycles. The molecule has 0 aromatic heterocycles. The molecule has 0 amide bonds. The molecular formula is C17H32O. The van der Waals surface area contributed by atoms with E-state index in [9.17, 15) is 4.79 Å². The molecule has 0 N–H and O–H groups in total. The molecule has 106 valence electrons. The predicted octanol–water partition coefficient (Wildman–Crippen LogP) is 5.69. The molecule has 0 rings (SSSR count). The van der Waals surface area contributed by atoms with Crippen LogP contribution in [0.3, 0.4) is 0 Å². The van der Waals surface area contributed by atoms with Gasteiger partial charge in [0.2, 0.25) is 0 Å². The number of unbranched alkanes of at least 4 members (excludes halogenated alkanes) is 8. The van der Waals surface area contributed by atoms with Crippen molar-refractivity contribution >= 4 is 6.29 Å². The van der Waals surface area contributed by atoms with E-state index < -0.39 is 0 Å². The molecule has 18 heavy (non-hydrogen) atoms. The van der Waals surface area contributed by atoms with E-state index in [0.717, 1.165) is 18.6 Å². The van der Waals surface area contributed by atoms with Gasteiger partial charge in [0.05, 0.1) is 0 Å². The van der Waals surface area contributed by atoms with Gasteiger partial charge in [0.1, 0.15) is 6.29 Å². The molecule has 0 aliphatic rings. The van der Waals surface area contributed by atoms with E-state index in [4.69, 9.17) is 0 Å². The zero-order chi connectivity index (χ0) is 13.5. The van der Waals surface area contributed by atoms with Crippen molar-refractivity contribution in [2.24, 2.45) is 5.92 Å². The Morgan fingerprint density at radius 1 is 0.889 bits per heavy atom. The smallest absolute Gasteiger partial charge is 0.142 e. The highest BCUT2D eigenvalue weighted by Gasteiger charge is 1.98. The van der Waals surface area contributed by atoms with Gasteiger partial charge in [-0.15, -0.1) is 0 Å². The van der Waals surface area contributed by atoms with Crippen LogP contribution in [0.15, 0.2) is 12.2 Å². The Morgan fingerprint density at radius 2 is 1.44 bits per heavy atom. The molecular weight excluding hydrogens is 220 g/mol. The van der Waals surface area contributed by atoms with Crippen molar-refractivity contribution in [3.8, 4) is 0 Å². The number of allylic oxidation sites excluding steroid dienone is 2. The molecule has 0 aromatic rings. The lowest BCUT2D eigenvalue weighted by molar-refractivity contribution is -0.104. The van der Waals surface area contributed by atoms with Crippen LogP contribution in [0.25, 0.3) is 0 Å². The molecule has 0 fully saturated rings. The highest BCUT2D eigenvalue weighted by Crippen LogP contribution is 2.14. The summed E-state index contributed by atoms with van der Waals surface area (Å²) < 4.78 is 0. The van der Waals surface area contributed by atoms with Gasteiger partial charge >= 0.3 is 0 Å². The highest BCUT2D eigenvalue weighted by atomic mass is 16.1. The average Bonchev–Trinajstić information content (AvgIpc) is 2.39. The molecule has 0 saturated carbocycles. The summed E-state index contributed by atoms with van der Waals surface area (Å²) in [6.45, 7) is 4.65. The number of carbonyl (C=O) groups excluding carboxylic acids is 1. The van der Waals surface area contributed by atoms with Crippen LogP contribution in [0.1, 0.15) is 84.5 Å². The maximum Gasteiger partial charge on any atom is 0.142 e. The fourth-order valence-electron chi connectivity index (χ4n) is 2.17. The molecule has 0 aliphatic heterocycles. The van der Waals surface area contributed by atoms with E-state index in [2.05, 4.69) is 13.8 Å². The van der Waals surface area contributed by atoms with Crippen LogP contribution >= 0.6 is 0 Å². The van der Waals surface area contributed by atoms with E-state index in [1.54, 1.807) is 6.08 Å². The number of aldehydes is 1. The van der Waals surface area contributed by atoms with Gasteiger partial charge < -0.3 is 0 Å². The standard InChI is InChI=1S/C17H32O/c1-3-17(2)15-13-11-9-7-5-4-6-8-10-12-14-16-18/h12,14,16-17H,3-11,13,15H2,1-2H3/b14-12+. The normalized spacial score (nSPS) is 13.0. The first-order chi connectivity index (χ1) is 8.81. The van der Waals surface area contributed by atoms with Crippen LogP contribution < -0.4 is 0 Å². The number of hydrogen-bond acceptors (Lipinski definition) is 1. The summed E-state index contributed by atoms with van der Waals surface area (Å²) in [5, 5.41) is 0. The van der Waals surface area contributed by atoms with Gasteiger partial charge in [0.15, 0.2) is 0 Å². The van der Waals surface area contributed by atoms with Crippen LogP contribution in [0, 0.1) is 5.92 Å². The monoisotopic (exact) mass is 252 g/mol. The molecule has 1 nitrogen and oxygen atoms in total.